The minimum absolute atomic E-state index is 0.0230. The van der Waals surface area contributed by atoms with Crippen LogP contribution >= 0.6 is 0 Å². The molecule has 0 spiro atoms. The zero-order chi connectivity index (χ0) is 12.2. The topological polar surface area (TPSA) is 50.4 Å². The summed E-state index contributed by atoms with van der Waals surface area (Å²) in [6.45, 7) is 9.41. The van der Waals surface area contributed by atoms with Crippen LogP contribution in [-0.4, -0.2) is 30.3 Å². The Morgan fingerprint density at radius 3 is 2.62 bits per heavy atom. The minimum atomic E-state index is -0.426. The van der Waals surface area contributed by atoms with Gasteiger partial charge in [0.05, 0.1) is 0 Å². The number of ether oxygens (including phenoxy) is 1. The molecule has 1 unspecified atom stereocenters. The first-order chi connectivity index (χ1) is 7.31. The molecule has 1 aliphatic rings. The largest absolute Gasteiger partial charge is 0.444 e. The number of hydrogen-bond acceptors (Lipinski definition) is 3. The van der Waals surface area contributed by atoms with E-state index in [1.807, 2.05) is 20.8 Å². The summed E-state index contributed by atoms with van der Waals surface area (Å²) < 4.78 is 5.20. The third-order valence-electron chi connectivity index (χ3n) is 2.73. The van der Waals surface area contributed by atoms with Gasteiger partial charge in [-0.05, 0) is 47.1 Å². The molecule has 16 heavy (non-hydrogen) atoms. The van der Waals surface area contributed by atoms with Crippen molar-refractivity contribution in [1.29, 1.82) is 0 Å². The van der Waals surface area contributed by atoms with E-state index >= 15 is 0 Å². The number of carbonyl (C=O) groups excluding carboxylic acids is 1. The van der Waals surface area contributed by atoms with E-state index in [0.29, 0.717) is 6.54 Å². The van der Waals surface area contributed by atoms with Crippen LogP contribution in [0.4, 0.5) is 4.79 Å². The van der Waals surface area contributed by atoms with Gasteiger partial charge in [-0.1, -0.05) is 6.42 Å². The minimum Gasteiger partial charge on any atom is -0.444 e. The van der Waals surface area contributed by atoms with Crippen LogP contribution in [0, 0.1) is 0 Å². The Labute approximate surface area is 98.1 Å². The molecular formula is C12H24N2O2. The van der Waals surface area contributed by atoms with Gasteiger partial charge in [0.15, 0.2) is 0 Å². The van der Waals surface area contributed by atoms with Gasteiger partial charge >= 0.3 is 6.09 Å². The lowest BCUT2D eigenvalue weighted by molar-refractivity contribution is 0.0507. The number of nitrogens with one attached hydrogen (secondary N) is 2. The second-order valence-electron chi connectivity index (χ2n) is 5.80. The van der Waals surface area contributed by atoms with Gasteiger partial charge in [0.25, 0.3) is 0 Å². The van der Waals surface area contributed by atoms with Gasteiger partial charge in [0.2, 0.25) is 0 Å². The molecule has 1 rings (SSSR count). The number of carbonyl (C=O) groups is 1. The van der Waals surface area contributed by atoms with E-state index in [9.17, 15) is 4.79 Å². The van der Waals surface area contributed by atoms with Gasteiger partial charge in [0.1, 0.15) is 5.60 Å². The van der Waals surface area contributed by atoms with E-state index in [1.54, 1.807) is 0 Å². The van der Waals surface area contributed by atoms with E-state index in [4.69, 9.17) is 4.74 Å². The van der Waals surface area contributed by atoms with Gasteiger partial charge < -0.3 is 15.4 Å². The lowest BCUT2D eigenvalue weighted by Gasteiger charge is -2.35. The Balaban J connectivity index is 2.30. The molecule has 1 atom stereocenters. The molecular weight excluding hydrogens is 204 g/mol. The molecule has 4 heteroatoms. The third kappa shape index (κ3) is 4.84. The van der Waals surface area contributed by atoms with Gasteiger partial charge in [-0.3, -0.25) is 0 Å². The number of piperidine rings is 1. The first kappa shape index (κ1) is 13.3. The summed E-state index contributed by atoms with van der Waals surface area (Å²) in [6.07, 6.45) is 3.21. The van der Waals surface area contributed by atoms with Crippen LogP contribution in [0.1, 0.15) is 47.0 Å². The third-order valence-corrected chi connectivity index (χ3v) is 2.73. The Morgan fingerprint density at radius 1 is 1.44 bits per heavy atom. The first-order valence-electron chi connectivity index (χ1n) is 6.03. The van der Waals surface area contributed by atoms with Crippen molar-refractivity contribution in [2.75, 3.05) is 13.1 Å². The van der Waals surface area contributed by atoms with Crippen molar-refractivity contribution < 1.29 is 9.53 Å². The normalized spacial score (nSPS) is 26.2. The van der Waals surface area contributed by atoms with Crippen LogP contribution in [0.25, 0.3) is 0 Å². The molecule has 94 valence electrons. The summed E-state index contributed by atoms with van der Waals surface area (Å²) in [5.74, 6) is 0. The SMILES string of the molecule is CC1(CNC(=O)OC(C)(C)C)CCCCN1. The highest BCUT2D eigenvalue weighted by Gasteiger charge is 2.27. The summed E-state index contributed by atoms with van der Waals surface area (Å²) in [7, 11) is 0. The molecule has 0 radical (unpaired) electrons. The molecule has 0 aromatic carbocycles. The Bertz CT molecular complexity index is 240. The van der Waals surface area contributed by atoms with Crippen LogP contribution in [-0.2, 0) is 4.74 Å². The van der Waals surface area contributed by atoms with E-state index < -0.39 is 5.60 Å². The van der Waals surface area contributed by atoms with Gasteiger partial charge in [-0.15, -0.1) is 0 Å². The number of rotatable bonds is 2. The smallest absolute Gasteiger partial charge is 0.407 e. The number of hydrogen-bond donors (Lipinski definition) is 2. The van der Waals surface area contributed by atoms with Crippen molar-refractivity contribution in [3.63, 3.8) is 0 Å². The highest BCUT2D eigenvalue weighted by Crippen LogP contribution is 2.17. The second-order valence-corrected chi connectivity index (χ2v) is 5.80. The van der Waals surface area contributed by atoms with Gasteiger partial charge in [-0.2, -0.15) is 0 Å². The second kappa shape index (κ2) is 5.04. The van der Waals surface area contributed by atoms with E-state index in [2.05, 4.69) is 17.6 Å². The van der Waals surface area contributed by atoms with Crippen molar-refractivity contribution in [2.24, 2.45) is 0 Å². The monoisotopic (exact) mass is 228 g/mol. The van der Waals surface area contributed by atoms with E-state index in [1.165, 1.54) is 12.8 Å². The average molecular weight is 228 g/mol. The molecule has 0 bridgehead atoms. The molecule has 2 N–H and O–H groups in total. The maximum absolute atomic E-state index is 11.5. The summed E-state index contributed by atoms with van der Waals surface area (Å²) in [5, 5.41) is 6.27. The van der Waals surface area contributed by atoms with Crippen molar-refractivity contribution in [3.8, 4) is 0 Å². The van der Waals surface area contributed by atoms with Crippen LogP contribution in [0.15, 0.2) is 0 Å². The Hall–Kier alpha value is -0.770. The van der Waals surface area contributed by atoms with E-state index in [0.717, 1.165) is 13.0 Å². The zero-order valence-corrected chi connectivity index (χ0v) is 10.9. The summed E-state index contributed by atoms with van der Waals surface area (Å²) in [5.41, 5.74) is -0.403. The summed E-state index contributed by atoms with van der Waals surface area (Å²) in [4.78, 5) is 11.5. The van der Waals surface area contributed by atoms with Crippen LogP contribution < -0.4 is 10.6 Å². The lowest BCUT2D eigenvalue weighted by Crippen LogP contribution is -2.54. The number of alkyl carbamates (subject to hydrolysis) is 1. The van der Waals surface area contributed by atoms with Gasteiger partial charge in [0, 0.05) is 12.1 Å². The molecule has 0 aromatic heterocycles. The van der Waals surface area contributed by atoms with Crippen LogP contribution in [0.5, 0.6) is 0 Å². The summed E-state index contributed by atoms with van der Waals surface area (Å²) >= 11 is 0. The predicted molar refractivity (Wildman–Crippen MR) is 64.5 cm³/mol. The lowest BCUT2D eigenvalue weighted by atomic mass is 9.91. The van der Waals surface area contributed by atoms with Gasteiger partial charge in [-0.25, -0.2) is 4.79 Å². The predicted octanol–water partition coefficient (Wildman–Crippen LogP) is 2.04. The standard InChI is InChI=1S/C12H24N2O2/c1-11(2,3)16-10(15)13-9-12(4)7-5-6-8-14-12/h14H,5-9H2,1-4H3,(H,13,15). The van der Waals surface area contributed by atoms with Crippen molar-refractivity contribution in [2.45, 2.75) is 58.1 Å². The molecule has 0 aromatic rings. The molecule has 1 aliphatic heterocycles. The molecule has 1 fully saturated rings. The maximum atomic E-state index is 11.5. The highest BCUT2D eigenvalue weighted by atomic mass is 16.6. The fourth-order valence-corrected chi connectivity index (χ4v) is 1.85. The van der Waals surface area contributed by atoms with Crippen LogP contribution in [0.2, 0.25) is 0 Å². The van der Waals surface area contributed by atoms with E-state index in [-0.39, 0.29) is 11.6 Å². The fourth-order valence-electron chi connectivity index (χ4n) is 1.85. The number of amides is 1. The first-order valence-corrected chi connectivity index (χ1v) is 6.03. The van der Waals surface area contributed by atoms with Crippen molar-refractivity contribution in [3.05, 3.63) is 0 Å². The van der Waals surface area contributed by atoms with Crippen LogP contribution in [0.3, 0.4) is 0 Å². The highest BCUT2D eigenvalue weighted by molar-refractivity contribution is 5.67. The molecule has 1 amide bonds. The average Bonchev–Trinajstić information content (AvgIpc) is 2.14. The van der Waals surface area contributed by atoms with Crippen molar-refractivity contribution >= 4 is 6.09 Å². The quantitative estimate of drug-likeness (QED) is 0.760. The molecule has 1 heterocycles. The Morgan fingerprint density at radius 2 is 2.12 bits per heavy atom. The molecule has 0 aliphatic carbocycles. The Kier molecular flexibility index (Phi) is 4.19. The molecule has 0 saturated carbocycles. The van der Waals surface area contributed by atoms with Crippen molar-refractivity contribution in [1.82, 2.24) is 10.6 Å². The molecule has 4 nitrogen and oxygen atoms in total. The zero-order valence-electron chi connectivity index (χ0n) is 10.9. The maximum Gasteiger partial charge on any atom is 0.407 e. The molecule has 1 saturated heterocycles. The fraction of sp³-hybridized carbons (Fsp3) is 0.917. The summed E-state index contributed by atoms with van der Waals surface area (Å²) in [6, 6.07) is 0.